The summed E-state index contributed by atoms with van der Waals surface area (Å²) in [5, 5.41) is 1.03. The van der Waals surface area contributed by atoms with E-state index in [4.69, 9.17) is 44.9 Å². The van der Waals surface area contributed by atoms with Crippen LogP contribution in [0.25, 0.3) is 0 Å². The molecule has 0 N–H and O–H groups in total. The topological polar surface area (TPSA) is 21.7 Å². The molecule has 1 aliphatic rings. The van der Waals surface area contributed by atoms with Gasteiger partial charge in [-0.05, 0) is 65.5 Å². The highest BCUT2D eigenvalue weighted by Crippen LogP contribution is 2.38. The second kappa shape index (κ2) is 9.46. The molecular weight excluding hydrogens is 469 g/mol. The molecule has 1 aliphatic heterocycles. The lowest BCUT2D eigenvalue weighted by molar-refractivity contribution is 0.267. The summed E-state index contributed by atoms with van der Waals surface area (Å²) in [6.45, 7) is 4.86. The molecule has 7 heteroatoms. The smallest absolute Gasteiger partial charge is 0.175 e. The number of thiocarbonyl (C=S) groups is 1. The van der Waals surface area contributed by atoms with Crippen LogP contribution in [0.15, 0.2) is 34.8 Å². The van der Waals surface area contributed by atoms with Gasteiger partial charge in [-0.2, -0.15) is 0 Å². The van der Waals surface area contributed by atoms with Crippen molar-refractivity contribution < 1.29 is 9.47 Å². The molecule has 1 saturated heterocycles. The lowest BCUT2D eigenvalue weighted by Crippen LogP contribution is -2.26. The van der Waals surface area contributed by atoms with E-state index in [9.17, 15) is 0 Å². The molecule has 0 saturated carbocycles. The summed E-state index contributed by atoms with van der Waals surface area (Å²) in [5.74, 6) is 1.32. The summed E-state index contributed by atoms with van der Waals surface area (Å²) < 4.78 is 12.7. The molecule has 0 aromatic heterocycles. The maximum absolute atomic E-state index is 6.09. The average Bonchev–Trinajstić information content (AvgIpc) is 3.18. The zero-order chi connectivity index (χ0) is 19.4. The lowest BCUT2D eigenvalue weighted by atomic mass is 10.2. The first kappa shape index (κ1) is 20.7. The Morgan fingerprint density at radius 3 is 2.52 bits per heavy atom. The minimum Gasteiger partial charge on any atom is -0.490 e. The molecular formula is C20H20BrCl2NO2S. The summed E-state index contributed by atoms with van der Waals surface area (Å²) in [6, 6.07) is 9.40. The summed E-state index contributed by atoms with van der Waals surface area (Å²) in [5.41, 5.74) is 1.89. The van der Waals surface area contributed by atoms with E-state index >= 15 is 0 Å². The van der Waals surface area contributed by atoms with E-state index < -0.39 is 0 Å². The monoisotopic (exact) mass is 487 g/mol. The third-order valence-corrected chi connectivity index (χ3v) is 6.14. The van der Waals surface area contributed by atoms with Gasteiger partial charge in [0.15, 0.2) is 11.5 Å². The molecule has 2 aromatic carbocycles. The largest absolute Gasteiger partial charge is 0.490 e. The van der Waals surface area contributed by atoms with E-state index in [1.807, 2.05) is 25.1 Å². The van der Waals surface area contributed by atoms with E-state index in [1.54, 1.807) is 12.1 Å². The normalized spacial score (nSPS) is 13.7. The molecule has 3 rings (SSSR count). The molecule has 0 radical (unpaired) electrons. The van der Waals surface area contributed by atoms with Gasteiger partial charge in [0.1, 0.15) is 11.6 Å². The highest BCUT2D eigenvalue weighted by molar-refractivity contribution is 9.10. The van der Waals surface area contributed by atoms with Crippen molar-refractivity contribution in [1.29, 1.82) is 0 Å². The Hall–Kier alpha value is -1.01. The lowest BCUT2D eigenvalue weighted by Gasteiger charge is -2.21. The number of nitrogens with zero attached hydrogens (tertiary/aromatic N) is 1. The molecule has 0 unspecified atom stereocenters. The Bertz CT molecular complexity index is 841. The first-order valence-electron chi connectivity index (χ1n) is 8.82. The van der Waals surface area contributed by atoms with Gasteiger partial charge in [-0.1, -0.05) is 41.5 Å². The summed E-state index contributed by atoms with van der Waals surface area (Å²) in [6.07, 6.45) is 2.37. The van der Waals surface area contributed by atoms with Crippen molar-refractivity contribution in [3.8, 4) is 11.5 Å². The van der Waals surface area contributed by atoms with Gasteiger partial charge in [-0.15, -0.1) is 0 Å². The number of ether oxygens (including phenoxy) is 2. The fourth-order valence-corrected chi connectivity index (χ4v) is 4.16. The zero-order valence-corrected chi connectivity index (χ0v) is 18.8. The highest BCUT2D eigenvalue weighted by Gasteiger charge is 2.20. The number of hydrogen-bond donors (Lipinski definition) is 0. The van der Waals surface area contributed by atoms with Gasteiger partial charge < -0.3 is 14.4 Å². The second-order valence-corrected chi connectivity index (χ2v) is 8.31. The Kier molecular flexibility index (Phi) is 7.26. The molecule has 0 aliphatic carbocycles. The third kappa shape index (κ3) is 5.08. The van der Waals surface area contributed by atoms with Gasteiger partial charge in [-0.25, -0.2) is 0 Å². The van der Waals surface area contributed by atoms with Crippen LogP contribution >= 0.6 is 51.3 Å². The van der Waals surface area contributed by atoms with Crippen molar-refractivity contribution in [2.75, 3.05) is 19.7 Å². The van der Waals surface area contributed by atoms with Gasteiger partial charge in [0, 0.05) is 18.7 Å². The fraction of sp³-hybridized carbons (Fsp3) is 0.350. The van der Waals surface area contributed by atoms with Crippen molar-refractivity contribution in [2.45, 2.75) is 26.4 Å². The van der Waals surface area contributed by atoms with Gasteiger partial charge in [0.05, 0.1) is 21.1 Å². The second-order valence-electron chi connectivity index (χ2n) is 6.25. The molecule has 0 amide bonds. The van der Waals surface area contributed by atoms with E-state index in [1.165, 1.54) is 12.8 Å². The van der Waals surface area contributed by atoms with Gasteiger partial charge >= 0.3 is 0 Å². The van der Waals surface area contributed by atoms with Crippen molar-refractivity contribution >= 4 is 56.3 Å². The standard InChI is InChI=1S/C20H20BrCl2NO2S/c1-2-25-18-11-14(20(27)24-7-3-4-8-24)10-15(21)19(18)26-12-13-5-6-16(22)17(23)9-13/h5-6,9-11H,2-4,7-8,12H2,1H3. The molecule has 144 valence electrons. The van der Waals surface area contributed by atoms with Crippen LogP contribution in [0.4, 0.5) is 0 Å². The number of halogens is 3. The van der Waals surface area contributed by atoms with E-state index in [2.05, 4.69) is 20.8 Å². The predicted octanol–water partition coefficient (Wildman–Crippen LogP) is 6.50. The SMILES string of the molecule is CCOc1cc(C(=S)N2CCCC2)cc(Br)c1OCc1ccc(Cl)c(Cl)c1. The first-order chi connectivity index (χ1) is 13.0. The van der Waals surface area contributed by atoms with Crippen LogP contribution in [0.2, 0.25) is 10.0 Å². The molecule has 3 nitrogen and oxygen atoms in total. The Balaban J connectivity index is 1.83. The summed E-state index contributed by atoms with van der Waals surface area (Å²) in [4.78, 5) is 3.09. The Morgan fingerprint density at radius 2 is 1.85 bits per heavy atom. The average molecular weight is 489 g/mol. The zero-order valence-electron chi connectivity index (χ0n) is 14.9. The van der Waals surface area contributed by atoms with Crippen molar-refractivity contribution in [1.82, 2.24) is 4.90 Å². The molecule has 27 heavy (non-hydrogen) atoms. The molecule has 1 fully saturated rings. The van der Waals surface area contributed by atoms with Crippen molar-refractivity contribution in [3.63, 3.8) is 0 Å². The third-order valence-electron chi connectivity index (χ3n) is 4.32. The highest BCUT2D eigenvalue weighted by atomic mass is 79.9. The number of rotatable bonds is 6. The van der Waals surface area contributed by atoms with E-state index in [-0.39, 0.29) is 0 Å². The van der Waals surface area contributed by atoms with Crippen LogP contribution in [0.5, 0.6) is 11.5 Å². The minimum atomic E-state index is 0.353. The van der Waals surface area contributed by atoms with Crippen LogP contribution in [0.1, 0.15) is 30.9 Å². The number of hydrogen-bond acceptors (Lipinski definition) is 3. The van der Waals surface area contributed by atoms with Crippen molar-refractivity contribution in [2.24, 2.45) is 0 Å². The maximum Gasteiger partial charge on any atom is 0.175 e. The summed E-state index contributed by atoms with van der Waals surface area (Å²) >= 11 is 21.3. The Labute approximate surface area is 183 Å². The molecule has 0 spiro atoms. The van der Waals surface area contributed by atoms with Crippen LogP contribution in [0.3, 0.4) is 0 Å². The fourth-order valence-electron chi connectivity index (χ4n) is 2.98. The van der Waals surface area contributed by atoms with E-state index in [0.29, 0.717) is 34.8 Å². The summed E-state index contributed by atoms with van der Waals surface area (Å²) in [7, 11) is 0. The molecule has 2 aromatic rings. The van der Waals surface area contributed by atoms with Crippen LogP contribution in [-0.2, 0) is 6.61 Å². The van der Waals surface area contributed by atoms with Crippen LogP contribution < -0.4 is 9.47 Å². The minimum absolute atomic E-state index is 0.353. The van der Waals surface area contributed by atoms with Crippen LogP contribution in [0, 0.1) is 0 Å². The number of benzene rings is 2. The molecule has 0 bridgehead atoms. The van der Waals surface area contributed by atoms with Gasteiger partial charge in [-0.3, -0.25) is 0 Å². The van der Waals surface area contributed by atoms with Crippen LogP contribution in [-0.4, -0.2) is 29.6 Å². The Morgan fingerprint density at radius 1 is 1.11 bits per heavy atom. The van der Waals surface area contributed by atoms with E-state index in [0.717, 1.165) is 33.7 Å². The molecule has 1 heterocycles. The van der Waals surface area contributed by atoms with Crippen molar-refractivity contribution in [3.05, 3.63) is 56.0 Å². The van der Waals surface area contributed by atoms with Gasteiger partial charge in [0.25, 0.3) is 0 Å². The number of likely N-dealkylation sites (tertiary alicyclic amines) is 1. The maximum atomic E-state index is 6.09. The van der Waals surface area contributed by atoms with Gasteiger partial charge in [0.2, 0.25) is 0 Å². The quantitative estimate of drug-likeness (QED) is 0.432. The molecule has 0 atom stereocenters. The predicted molar refractivity (Wildman–Crippen MR) is 119 cm³/mol. The first-order valence-corrected chi connectivity index (χ1v) is 10.8.